The fourth-order valence-corrected chi connectivity index (χ4v) is 1.48. The molecule has 0 saturated carbocycles. The number of rotatable bonds is 4. The molecule has 0 amide bonds. The monoisotopic (exact) mass is 236 g/mol. The van der Waals surface area contributed by atoms with Crippen LogP contribution in [0.4, 0.5) is 0 Å². The van der Waals surface area contributed by atoms with Crippen LogP contribution in [0.15, 0.2) is 17.7 Å². The highest BCUT2D eigenvalue weighted by atomic mass is 16.5. The topological polar surface area (TPSA) is 55.8 Å². The second-order valence-corrected chi connectivity index (χ2v) is 3.69. The van der Waals surface area contributed by atoms with Crippen molar-refractivity contribution >= 4 is 12.0 Å². The molecule has 0 atom stereocenters. The van der Waals surface area contributed by atoms with Gasteiger partial charge in [-0.2, -0.15) is 0 Å². The van der Waals surface area contributed by atoms with E-state index in [2.05, 4.69) is 0 Å². The zero-order valence-corrected chi connectivity index (χ0v) is 10.4. The number of carbonyl (C=O) groups is 1. The Balaban J connectivity index is 3.32. The third-order valence-corrected chi connectivity index (χ3v) is 2.48. The average Bonchev–Trinajstić information content (AvgIpc) is 2.30. The van der Waals surface area contributed by atoms with Gasteiger partial charge in [0.15, 0.2) is 0 Å². The van der Waals surface area contributed by atoms with Crippen LogP contribution in [0.25, 0.3) is 6.08 Å². The summed E-state index contributed by atoms with van der Waals surface area (Å²) in [5.41, 5.74) is 1.92. The van der Waals surface area contributed by atoms with Gasteiger partial charge in [0, 0.05) is 17.2 Å². The van der Waals surface area contributed by atoms with Crippen LogP contribution in [0.2, 0.25) is 0 Å². The van der Waals surface area contributed by atoms with E-state index in [1.807, 2.05) is 13.0 Å². The van der Waals surface area contributed by atoms with Gasteiger partial charge in [0.05, 0.1) is 14.2 Å². The molecule has 0 aliphatic carbocycles. The first-order chi connectivity index (χ1) is 7.99. The maximum Gasteiger partial charge on any atom is 0.331 e. The summed E-state index contributed by atoms with van der Waals surface area (Å²) in [5.74, 6) is 0.342. The quantitative estimate of drug-likeness (QED) is 0.816. The van der Waals surface area contributed by atoms with Crippen molar-refractivity contribution in [3.05, 3.63) is 28.8 Å². The number of carboxylic acids is 1. The molecule has 4 nitrogen and oxygen atoms in total. The van der Waals surface area contributed by atoms with Crippen LogP contribution in [0.5, 0.6) is 11.5 Å². The van der Waals surface area contributed by atoms with E-state index in [1.54, 1.807) is 33.3 Å². The minimum atomic E-state index is -0.942. The van der Waals surface area contributed by atoms with E-state index < -0.39 is 5.97 Å². The predicted octanol–water partition coefficient (Wildman–Crippen LogP) is 2.50. The number of aliphatic carboxylic acids is 1. The van der Waals surface area contributed by atoms with E-state index in [4.69, 9.17) is 14.6 Å². The lowest BCUT2D eigenvalue weighted by molar-refractivity contribution is -0.132. The van der Waals surface area contributed by atoms with Gasteiger partial charge in [0.2, 0.25) is 0 Å². The Bertz CT molecular complexity index is 461. The number of aryl methyl sites for hydroxylation is 1. The van der Waals surface area contributed by atoms with Crippen molar-refractivity contribution in [3.8, 4) is 11.5 Å². The van der Waals surface area contributed by atoms with Crippen molar-refractivity contribution in [1.29, 1.82) is 0 Å². The fourth-order valence-electron chi connectivity index (χ4n) is 1.48. The normalized spacial score (nSPS) is 11.2. The fraction of sp³-hybridized carbons (Fsp3) is 0.308. The summed E-state index contributed by atoms with van der Waals surface area (Å²) in [4.78, 5) is 10.8. The molecular formula is C13H16O4. The molecule has 1 rings (SSSR count). The summed E-state index contributed by atoms with van der Waals surface area (Å²) in [6.45, 7) is 3.43. The van der Waals surface area contributed by atoms with Crippen molar-refractivity contribution < 1.29 is 19.4 Å². The smallest absolute Gasteiger partial charge is 0.331 e. The van der Waals surface area contributed by atoms with Crippen LogP contribution in [-0.4, -0.2) is 25.3 Å². The molecule has 1 aromatic carbocycles. The highest BCUT2D eigenvalue weighted by molar-refractivity contribution is 5.92. The van der Waals surface area contributed by atoms with Gasteiger partial charge >= 0.3 is 5.97 Å². The molecule has 0 saturated heterocycles. The van der Waals surface area contributed by atoms with Crippen LogP contribution in [0, 0.1) is 6.92 Å². The van der Waals surface area contributed by atoms with Gasteiger partial charge < -0.3 is 14.6 Å². The highest BCUT2D eigenvalue weighted by Crippen LogP contribution is 2.30. The van der Waals surface area contributed by atoms with E-state index >= 15 is 0 Å². The predicted molar refractivity (Wildman–Crippen MR) is 65.6 cm³/mol. The Morgan fingerprint density at radius 1 is 1.29 bits per heavy atom. The van der Waals surface area contributed by atoms with Gasteiger partial charge in [-0.05, 0) is 31.6 Å². The van der Waals surface area contributed by atoms with Crippen molar-refractivity contribution in [2.45, 2.75) is 13.8 Å². The summed E-state index contributed by atoms with van der Waals surface area (Å²) < 4.78 is 10.4. The molecular weight excluding hydrogens is 220 g/mol. The number of hydrogen-bond donors (Lipinski definition) is 1. The molecule has 92 valence electrons. The Morgan fingerprint density at radius 3 is 2.41 bits per heavy atom. The Labute approximate surface area is 100 Å². The minimum absolute atomic E-state index is 0.261. The Kier molecular flexibility index (Phi) is 4.15. The molecule has 0 spiro atoms. The van der Waals surface area contributed by atoms with Crippen LogP contribution < -0.4 is 9.47 Å². The van der Waals surface area contributed by atoms with Crippen molar-refractivity contribution in [2.75, 3.05) is 14.2 Å². The van der Waals surface area contributed by atoms with E-state index in [0.717, 1.165) is 11.1 Å². The van der Waals surface area contributed by atoms with Gasteiger partial charge in [0.25, 0.3) is 0 Å². The summed E-state index contributed by atoms with van der Waals surface area (Å²) in [5, 5.41) is 8.86. The summed E-state index contributed by atoms with van der Waals surface area (Å²) in [6, 6.07) is 3.57. The van der Waals surface area contributed by atoms with Crippen LogP contribution in [0.3, 0.4) is 0 Å². The summed E-state index contributed by atoms with van der Waals surface area (Å²) in [7, 11) is 3.12. The van der Waals surface area contributed by atoms with Gasteiger partial charge in [-0.25, -0.2) is 4.79 Å². The molecule has 0 heterocycles. The first-order valence-electron chi connectivity index (χ1n) is 5.13. The second kappa shape index (κ2) is 5.39. The molecule has 0 fully saturated rings. The molecule has 1 aromatic rings. The Morgan fingerprint density at radius 2 is 1.94 bits per heavy atom. The van der Waals surface area contributed by atoms with E-state index in [1.165, 1.54) is 0 Å². The third kappa shape index (κ3) is 3.00. The first kappa shape index (κ1) is 13.1. The van der Waals surface area contributed by atoms with E-state index in [-0.39, 0.29) is 5.57 Å². The molecule has 1 N–H and O–H groups in total. The number of benzene rings is 1. The third-order valence-electron chi connectivity index (χ3n) is 2.48. The van der Waals surface area contributed by atoms with E-state index in [9.17, 15) is 4.79 Å². The molecule has 0 aromatic heterocycles. The zero-order chi connectivity index (χ0) is 13.0. The van der Waals surface area contributed by atoms with Gasteiger partial charge in [0.1, 0.15) is 11.5 Å². The molecule has 17 heavy (non-hydrogen) atoms. The zero-order valence-electron chi connectivity index (χ0n) is 10.4. The van der Waals surface area contributed by atoms with Gasteiger partial charge in [-0.3, -0.25) is 0 Å². The highest BCUT2D eigenvalue weighted by Gasteiger charge is 2.09. The standard InChI is InChI=1S/C13H16O4/c1-8-5-10(16-3)7-12(17-4)11(8)6-9(2)13(14)15/h5-7H,1-4H3,(H,14,15)/b9-6+. The number of ether oxygens (including phenoxy) is 2. The van der Waals surface area contributed by atoms with Gasteiger partial charge in [-0.1, -0.05) is 0 Å². The average molecular weight is 236 g/mol. The van der Waals surface area contributed by atoms with Crippen molar-refractivity contribution in [1.82, 2.24) is 0 Å². The van der Waals surface area contributed by atoms with Crippen LogP contribution >= 0.6 is 0 Å². The lowest BCUT2D eigenvalue weighted by Crippen LogP contribution is -1.98. The lowest BCUT2D eigenvalue weighted by atomic mass is 10.0. The molecule has 0 aliphatic rings. The number of methoxy groups -OCH3 is 2. The minimum Gasteiger partial charge on any atom is -0.497 e. The van der Waals surface area contributed by atoms with E-state index in [0.29, 0.717) is 11.5 Å². The largest absolute Gasteiger partial charge is 0.497 e. The first-order valence-corrected chi connectivity index (χ1v) is 5.13. The lowest BCUT2D eigenvalue weighted by Gasteiger charge is -2.11. The molecule has 0 aliphatic heterocycles. The second-order valence-electron chi connectivity index (χ2n) is 3.69. The van der Waals surface area contributed by atoms with Crippen LogP contribution in [-0.2, 0) is 4.79 Å². The molecule has 0 bridgehead atoms. The summed E-state index contributed by atoms with van der Waals surface area (Å²) in [6.07, 6.45) is 1.59. The SMILES string of the molecule is COc1cc(C)c(/C=C(\C)C(=O)O)c(OC)c1. The molecule has 0 unspecified atom stereocenters. The van der Waals surface area contributed by atoms with Crippen molar-refractivity contribution in [2.24, 2.45) is 0 Å². The molecule has 0 radical (unpaired) electrons. The number of hydrogen-bond acceptors (Lipinski definition) is 3. The maximum atomic E-state index is 10.8. The van der Waals surface area contributed by atoms with Gasteiger partial charge in [-0.15, -0.1) is 0 Å². The Hall–Kier alpha value is -1.97. The maximum absolute atomic E-state index is 10.8. The molecule has 4 heteroatoms. The number of carboxylic acid groups (broad SMARTS) is 1. The van der Waals surface area contributed by atoms with Crippen molar-refractivity contribution in [3.63, 3.8) is 0 Å². The summed E-state index contributed by atoms with van der Waals surface area (Å²) >= 11 is 0. The van der Waals surface area contributed by atoms with Crippen LogP contribution in [0.1, 0.15) is 18.1 Å².